The lowest BCUT2D eigenvalue weighted by atomic mass is 10.3. The number of hydrogen-bond acceptors (Lipinski definition) is 4. The first kappa shape index (κ1) is 12.3. The van der Waals surface area contributed by atoms with E-state index in [0.29, 0.717) is 24.1 Å². The summed E-state index contributed by atoms with van der Waals surface area (Å²) in [5.74, 6) is 0.115. The predicted octanol–water partition coefficient (Wildman–Crippen LogP) is 2.15. The monoisotopic (exact) mass is 279 g/mol. The number of carbonyl (C=O) groups is 1. The van der Waals surface area contributed by atoms with Gasteiger partial charge in [0.15, 0.2) is 5.58 Å². The second kappa shape index (κ2) is 4.74. The van der Waals surface area contributed by atoms with Crippen molar-refractivity contribution in [2.24, 2.45) is 0 Å². The number of amides is 1. The third-order valence-corrected chi connectivity index (χ3v) is 3.57. The standard InChI is InChI=1S/C13H14ClN3O2/c1-9(18)16-4-6-17(7-5-16)13-15-11-8-10(14)2-3-12(11)19-13/h2-3,8H,4-7H2,1H3. The predicted molar refractivity (Wildman–Crippen MR) is 73.5 cm³/mol. The van der Waals surface area contributed by atoms with E-state index in [9.17, 15) is 4.79 Å². The van der Waals surface area contributed by atoms with Gasteiger partial charge >= 0.3 is 0 Å². The Labute approximate surface area is 115 Å². The summed E-state index contributed by atoms with van der Waals surface area (Å²) in [6.45, 7) is 4.47. The molecule has 3 rings (SSSR count). The molecule has 100 valence electrons. The number of oxazole rings is 1. The topological polar surface area (TPSA) is 49.6 Å². The highest BCUT2D eigenvalue weighted by atomic mass is 35.5. The molecule has 2 aromatic rings. The van der Waals surface area contributed by atoms with E-state index < -0.39 is 0 Å². The zero-order chi connectivity index (χ0) is 13.4. The lowest BCUT2D eigenvalue weighted by Gasteiger charge is -2.33. The van der Waals surface area contributed by atoms with Crippen LogP contribution < -0.4 is 4.90 Å². The largest absolute Gasteiger partial charge is 0.423 e. The minimum atomic E-state index is 0.115. The minimum absolute atomic E-state index is 0.115. The van der Waals surface area contributed by atoms with Gasteiger partial charge in [-0.3, -0.25) is 4.79 Å². The summed E-state index contributed by atoms with van der Waals surface area (Å²) in [5, 5.41) is 0.647. The number of carbonyl (C=O) groups excluding carboxylic acids is 1. The van der Waals surface area contributed by atoms with Crippen LogP contribution in [0.4, 0.5) is 6.01 Å². The summed E-state index contributed by atoms with van der Waals surface area (Å²) < 4.78 is 5.71. The Morgan fingerprint density at radius 1 is 1.32 bits per heavy atom. The number of halogens is 1. The van der Waals surface area contributed by atoms with E-state index in [-0.39, 0.29) is 5.91 Å². The lowest BCUT2D eigenvalue weighted by molar-refractivity contribution is -0.129. The van der Waals surface area contributed by atoms with Gasteiger partial charge in [0.2, 0.25) is 5.91 Å². The molecule has 0 unspecified atom stereocenters. The van der Waals surface area contributed by atoms with Crippen molar-refractivity contribution in [1.82, 2.24) is 9.88 Å². The summed E-state index contributed by atoms with van der Waals surface area (Å²) in [5.41, 5.74) is 1.49. The summed E-state index contributed by atoms with van der Waals surface area (Å²) in [4.78, 5) is 19.6. The first-order valence-corrected chi connectivity index (χ1v) is 6.58. The fourth-order valence-electron chi connectivity index (χ4n) is 2.24. The molecule has 0 atom stereocenters. The molecule has 1 aromatic heterocycles. The Hall–Kier alpha value is -1.75. The van der Waals surface area contributed by atoms with Crippen molar-refractivity contribution in [2.45, 2.75) is 6.92 Å². The van der Waals surface area contributed by atoms with Gasteiger partial charge in [-0.15, -0.1) is 0 Å². The van der Waals surface area contributed by atoms with Crippen LogP contribution in [0.2, 0.25) is 5.02 Å². The van der Waals surface area contributed by atoms with Crippen LogP contribution in [0.15, 0.2) is 22.6 Å². The van der Waals surface area contributed by atoms with E-state index in [2.05, 4.69) is 4.98 Å². The third-order valence-electron chi connectivity index (χ3n) is 3.33. The lowest BCUT2D eigenvalue weighted by Crippen LogP contribution is -2.48. The zero-order valence-electron chi connectivity index (χ0n) is 10.6. The Morgan fingerprint density at radius 3 is 2.74 bits per heavy atom. The molecule has 6 heteroatoms. The van der Waals surface area contributed by atoms with Gasteiger partial charge in [-0.25, -0.2) is 0 Å². The quantitative estimate of drug-likeness (QED) is 0.803. The number of anilines is 1. The minimum Gasteiger partial charge on any atom is -0.423 e. The molecule has 0 spiro atoms. The van der Waals surface area contributed by atoms with Gasteiger partial charge in [0.05, 0.1) is 0 Å². The number of nitrogens with zero attached hydrogens (tertiary/aromatic N) is 3. The van der Waals surface area contributed by atoms with Crippen LogP contribution in [-0.4, -0.2) is 42.0 Å². The smallest absolute Gasteiger partial charge is 0.298 e. The Morgan fingerprint density at radius 2 is 2.05 bits per heavy atom. The molecule has 1 saturated heterocycles. The molecule has 0 N–H and O–H groups in total. The number of rotatable bonds is 1. The molecular formula is C13H14ClN3O2. The summed E-state index contributed by atoms with van der Waals surface area (Å²) in [6.07, 6.45) is 0. The Kier molecular flexibility index (Phi) is 3.06. The molecule has 19 heavy (non-hydrogen) atoms. The SMILES string of the molecule is CC(=O)N1CCN(c2nc3cc(Cl)ccc3o2)CC1. The molecular weight excluding hydrogens is 266 g/mol. The van der Waals surface area contributed by atoms with Crippen LogP contribution in [0.1, 0.15) is 6.92 Å². The molecule has 0 bridgehead atoms. The first-order valence-electron chi connectivity index (χ1n) is 6.20. The maximum atomic E-state index is 11.3. The molecule has 5 nitrogen and oxygen atoms in total. The second-order valence-electron chi connectivity index (χ2n) is 4.60. The van der Waals surface area contributed by atoms with E-state index in [1.807, 2.05) is 15.9 Å². The van der Waals surface area contributed by atoms with Crippen LogP contribution in [0.5, 0.6) is 0 Å². The highest BCUT2D eigenvalue weighted by Gasteiger charge is 2.22. The van der Waals surface area contributed by atoms with Crippen LogP contribution >= 0.6 is 11.6 Å². The van der Waals surface area contributed by atoms with Gasteiger partial charge in [0.1, 0.15) is 5.52 Å². The molecule has 1 aliphatic heterocycles. The van der Waals surface area contributed by atoms with E-state index in [0.717, 1.165) is 24.2 Å². The second-order valence-corrected chi connectivity index (χ2v) is 5.04. The van der Waals surface area contributed by atoms with E-state index in [1.165, 1.54) is 0 Å². The molecule has 1 aliphatic rings. The van der Waals surface area contributed by atoms with Crippen molar-refractivity contribution in [2.75, 3.05) is 31.1 Å². The van der Waals surface area contributed by atoms with E-state index in [4.69, 9.17) is 16.0 Å². The average molecular weight is 280 g/mol. The zero-order valence-corrected chi connectivity index (χ0v) is 11.4. The van der Waals surface area contributed by atoms with Crippen LogP contribution in [0.25, 0.3) is 11.1 Å². The van der Waals surface area contributed by atoms with Gasteiger partial charge in [-0.1, -0.05) is 11.6 Å². The van der Waals surface area contributed by atoms with Crippen molar-refractivity contribution in [3.63, 3.8) is 0 Å². The Balaban J connectivity index is 1.80. The summed E-state index contributed by atoms with van der Waals surface area (Å²) >= 11 is 5.93. The van der Waals surface area contributed by atoms with Gasteiger partial charge in [-0.2, -0.15) is 4.98 Å². The molecule has 0 aliphatic carbocycles. The number of hydrogen-bond donors (Lipinski definition) is 0. The van der Waals surface area contributed by atoms with Crippen molar-refractivity contribution in [3.8, 4) is 0 Å². The summed E-state index contributed by atoms with van der Waals surface area (Å²) in [6, 6.07) is 5.99. The van der Waals surface area contributed by atoms with Gasteiger partial charge in [-0.05, 0) is 18.2 Å². The van der Waals surface area contributed by atoms with E-state index >= 15 is 0 Å². The van der Waals surface area contributed by atoms with Gasteiger partial charge in [0.25, 0.3) is 6.01 Å². The van der Waals surface area contributed by atoms with Crippen molar-refractivity contribution in [1.29, 1.82) is 0 Å². The molecule has 0 saturated carbocycles. The maximum Gasteiger partial charge on any atom is 0.298 e. The molecule has 1 amide bonds. The highest BCUT2D eigenvalue weighted by molar-refractivity contribution is 6.31. The van der Waals surface area contributed by atoms with Crippen molar-refractivity contribution >= 4 is 34.6 Å². The number of fused-ring (bicyclic) bond motifs is 1. The molecule has 1 fully saturated rings. The van der Waals surface area contributed by atoms with Gasteiger partial charge < -0.3 is 14.2 Å². The fourth-order valence-corrected chi connectivity index (χ4v) is 2.40. The van der Waals surface area contributed by atoms with Crippen molar-refractivity contribution < 1.29 is 9.21 Å². The first-order chi connectivity index (χ1) is 9.13. The van der Waals surface area contributed by atoms with E-state index in [1.54, 1.807) is 19.1 Å². The van der Waals surface area contributed by atoms with Crippen LogP contribution in [0, 0.1) is 0 Å². The number of benzene rings is 1. The average Bonchev–Trinajstić information content (AvgIpc) is 2.81. The molecule has 1 aromatic carbocycles. The Bertz CT molecular complexity index is 617. The number of aromatic nitrogens is 1. The third kappa shape index (κ3) is 2.38. The normalized spacial score (nSPS) is 16.1. The highest BCUT2D eigenvalue weighted by Crippen LogP contribution is 2.25. The fraction of sp³-hybridized carbons (Fsp3) is 0.385. The summed E-state index contributed by atoms with van der Waals surface area (Å²) in [7, 11) is 0. The molecule has 2 heterocycles. The maximum absolute atomic E-state index is 11.3. The number of piperazine rings is 1. The van der Waals surface area contributed by atoms with Crippen molar-refractivity contribution in [3.05, 3.63) is 23.2 Å². The molecule has 0 radical (unpaired) electrons. The van der Waals surface area contributed by atoms with Gasteiger partial charge in [0, 0.05) is 38.1 Å². The van der Waals surface area contributed by atoms with Crippen LogP contribution in [0.3, 0.4) is 0 Å². The van der Waals surface area contributed by atoms with Crippen LogP contribution in [-0.2, 0) is 4.79 Å².